The summed E-state index contributed by atoms with van der Waals surface area (Å²) in [5, 5.41) is 19.1. The van der Waals surface area contributed by atoms with Gasteiger partial charge in [0.2, 0.25) is 5.88 Å². The molecule has 33 heavy (non-hydrogen) atoms. The first-order valence-corrected chi connectivity index (χ1v) is 10.1. The molecule has 162 valence electrons. The lowest BCUT2D eigenvalue weighted by atomic mass is 10.1. The highest BCUT2D eigenvalue weighted by Crippen LogP contribution is 2.23. The van der Waals surface area contributed by atoms with Gasteiger partial charge in [0.25, 0.3) is 5.91 Å². The maximum Gasteiger partial charge on any atom is 0.277 e. The molecule has 0 aliphatic rings. The summed E-state index contributed by atoms with van der Waals surface area (Å²) in [7, 11) is 0. The van der Waals surface area contributed by atoms with Gasteiger partial charge in [-0.05, 0) is 43.3 Å². The maximum atomic E-state index is 12.5. The number of nitrogens with zero attached hydrogens (tertiary/aromatic N) is 5. The fourth-order valence-electron chi connectivity index (χ4n) is 3.08. The number of aryl methyl sites for hydroxylation is 1. The van der Waals surface area contributed by atoms with E-state index in [1.54, 1.807) is 47.1 Å². The van der Waals surface area contributed by atoms with Crippen LogP contribution in [0.3, 0.4) is 0 Å². The molecule has 9 nitrogen and oxygen atoms in total. The molecule has 0 aliphatic carbocycles. The molecular formula is C24H18N6O3. The van der Waals surface area contributed by atoms with E-state index in [0.717, 1.165) is 11.3 Å². The summed E-state index contributed by atoms with van der Waals surface area (Å²) in [5.41, 5.74) is 2.52. The molecule has 0 saturated carbocycles. The standard InChI is InChI=1S/C24H18N6O3/c1-16-13-14-30(28-16)22-11-12-23(27-26-22)32-19-9-7-18(8-10-19)25-24(31)20-15-21(33-29-20)17-5-3-2-4-6-17/h2-15H,1H3,(H,25,31). The monoisotopic (exact) mass is 438 g/mol. The highest BCUT2D eigenvalue weighted by molar-refractivity contribution is 6.03. The Bertz CT molecular complexity index is 1380. The number of aromatic nitrogens is 5. The van der Waals surface area contributed by atoms with Crippen LogP contribution in [-0.2, 0) is 0 Å². The molecule has 0 saturated heterocycles. The largest absolute Gasteiger partial charge is 0.438 e. The number of carbonyl (C=O) groups is 1. The smallest absolute Gasteiger partial charge is 0.277 e. The van der Waals surface area contributed by atoms with Gasteiger partial charge in [-0.2, -0.15) is 5.10 Å². The Morgan fingerprint density at radius 3 is 2.48 bits per heavy atom. The number of amides is 1. The van der Waals surface area contributed by atoms with E-state index in [1.807, 2.05) is 49.5 Å². The Hall–Kier alpha value is -4.79. The van der Waals surface area contributed by atoms with Crippen LogP contribution < -0.4 is 10.1 Å². The van der Waals surface area contributed by atoms with Crippen molar-refractivity contribution in [2.24, 2.45) is 0 Å². The zero-order valence-corrected chi connectivity index (χ0v) is 17.5. The van der Waals surface area contributed by atoms with E-state index in [1.165, 1.54) is 0 Å². The van der Waals surface area contributed by atoms with Crippen LogP contribution in [0.4, 0.5) is 5.69 Å². The summed E-state index contributed by atoms with van der Waals surface area (Å²) < 4.78 is 12.7. The van der Waals surface area contributed by atoms with Crippen molar-refractivity contribution in [1.82, 2.24) is 25.1 Å². The van der Waals surface area contributed by atoms with Crippen molar-refractivity contribution in [3.8, 4) is 28.8 Å². The fourth-order valence-corrected chi connectivity index (χ4v) is 3.08. The second-order valence-electron chi connectivity index (χ2n) is 7.15. The van der Waals surface area contributed by atoms with E-state index in [4.69, 9.17) is 9.26 Å². The Morgan fingerprint density at radius 1 is 0.970 bits per heavy atom. The molecule has 5 aromatic rings. The van der Waals surface area contributed by atoms with Crippen LogP contribution in [0, 0.1) is 6.92 Å². The van der Waals surface area contributed by atoms with Crippen LogP contribution in [0.1, 0.15) is 16.2 Å². The third-order valence-electron chi connectivity index (χ3n) is 4.72. The Morgan fingerprint density at radius 2 is 1.79 bits per heavy atom. The molecule has 1 amide bonds. The van der Waals surface area contributed by atoms with Gasteiger partial charge in [-0.15, -0.1) is 10.2 Å². The fraction of sp³-hybridized carbons (Fsp3) is 0.0417. The topological polar surface area (TPSA) is 108 Å². The van der Waals surface area contributed by atoms with Gasteiger partial charge in [0.1, 0.15) is 5.75 Å². The van der Waals surface area contributed by atoms with Gasteiger partial charge in [-0.1, -0.05) is 35.5 Å². The van der Waals surface area contributed by atoms with Crippen LogP contribution in [-0.4, -0.2) is 31.0 Å². The highest BCUT2D eigenvalue weighted by Gasteiger charge is 2.14. The molecule has 0 radical (unpaired) electrons. The Labute approximate surface area is 188 Å². The van der Waals surface area contributed by atoms with Crippen molar-refractivity contribution in [2.75, 3.05) is 5.32 Å². The molecule has 9 heteroatoms. The van der Waals surface area contributed by atoms with E-state index in [0.29, 0.717) is 28.9 Å². The van der Waals surface area contributed by atoms with Crippen LogP contribution in [0.15, 0.2) is 89.6 Å². The number of carbonyl (C=O) groups excluding carboxylic acids is 1. The molecule has 0 fully saturated rings. The number of anilines is 1. The van der Waals surface area contributed by atoms with E-state index in [-0.39, 0.29) is 11.6 Å². The van der Waals surface area contributed by atoms with Gasteiger partial charge >= 0.3 is 0 Å². The lowest BCUT2D eigenvalue weighted by Crippen LogP contribution is -2.11. The molecule has 2 aromatic carbocycles. The first-order valence-electron chi connectivity index (χ1n) is 10.1. The Kier molecular flexibility index (Phi) is 5.34. The third-order valence-corrected chi connectivity index (χ3v) is 4.72. The molecule has 0 aliphatic heterocycles. The summed E-state index contributed by atoms with van der Waals surface area (Å²) >= 11 is 0. The molecule has 5 rings (SSSR count). The average molecular weight is 438 g/mol. The summed E-state index contributed by atoms with van der Waals surface area (Å²) in [6.07, 6.45) is 1.81. The normalized spacial score (nSPS) is 10.7. The quantitative estimate of drug-likeness (QED) is 0.410. The molecular weight excluding hydrogens is 420 g/mol. The zero-order valence-electron chi connectivity index (χ0n) is 17.5. The molecule has 3 heterocycles. The number of benzene rings is 2. The van der Waals surface area contributed by atoms with Crippen molar-refractivity contribution < 1.29 is 14.1 Å². The summed E-state index contributed by atoms with van der Waals surface area (Å²) in [6, 6.07) is 23.3. The zero-order chi connectivity index (χ0) is 22.6. The van der Waals surface area contributed by atoms with Crippen molar-refractivity contribution in [2.45, 2.75) is 6.92 Å². The number of nitrogens with one attached hydrogen (secondary N) is 1. The molecule has 1 N–H and O–H groups in total. The van der Waals surface area contributed by atoms with Crippen LogP contribution in [0.25, 0.3) is 17.1 Å². The lowest BCUT2D eigenvalue weighted by Gasteiger charge is -2.07. The van der Waals surface area contributed by atoms with Crippen molar-refractivity contribution in [3.05, 3.63) is 96.4 Å². The molecule has 0 unspecified atom stereocenters. The van der Waals surface area contributed by atoms with E-state index < -0.39 is 0 Å². The van der Waals surface area contributed by atoms with Crippen molar-refractivity contribution in [3.63, 3.8) is 0 Å². The average Bonchev–Trinajstić information content (AvgIpc) is 3.51. The van der Waals surface area contributed by atoms with Crippen LogP contribution in [0.5, 0.6) is 11.6 Å². The first kappa shape index (κ1) is 20.1. The van der Waals surface area contributed by atoms with Gasteiger partial charge < -0.3 is 14.6 Å². The van der Waals surface area contributed by atoms with Gasteiger partial charge in [-0.25, -0.2) is 4.68 Å². The lowest BCUT2D eigenvalue weighted by molar-refractivity contribution is 0.101. The number of hydrogen-bond acceptors (Lipinski definition) is 7. The van der Waals surface area contributed by atoms with Crippen LogP contribution in [0.2, 0.25) is 0 Å². The highest BCUT2D eigenvalue weighted by atomic mass is 16.5. The molecule has 0 atom stereocenters. The first-order chi connectivity index (χ1) is 16.1. The number of hydrogen-bond donors (Lipinski definition) is 1. The predicted molar refractivity (Wildman–Crippen MR) is 120 cm³/mol. The van der Waals surface area contributed by atoms with E-state index >= 15 is 0 Å². The van der Waals surface area contributed by atoms with Gasteiger partial charge in [0, 0.05) is 29.6 Å². The van der Waals surface area contributed by atoms with Gasteiger partial charge in [0.15, 0.2) is 17.3 Å². The number of rotatable bonds is 6. The summed E-state index contributed by atoms with van der Waals surface area (Å²) in [4.78, 5) is 12.5. The third kappa shape index (κ3) is 4.62. The van der Waals surface area contributed by atoms with Crippen LogP contribution >= 0.6 is 0 Å². The van der Waals surface area contributed by atoms with Gasteiger partial charge in [-0.3, -0.25) is 4.79 Å². The minimum Gasteiger partial charge on any atom is -0.438 e. The minimum absolute atomic E-state index is 0.192. The minimum atomic E-state index is -0.370. The number of ether oxygens (including phenoxy) is 1. The summed E-state index contributed by atoms with van der Waals surface area (Å²) in [6.45, 7) is 1.90. The maximum absolute atomic E-state index is 12.5. The Balaban J connectivity index is 1.21. The van der Waals surface area contributed by atoms with E-state index in [9.17, 15) is 4.79 Å². The molecule has 3 aromatic heterocycles. The predicted octanol–water partition coefficient (Wildman–Crippen LogP) is 4.67. The molecule has 0 bridgehead atoms. The van der Waals surface area contributed by atoms with E-state index in [2.05, 4.69) is 25.8 Å². The second kappa shape index (κ2) is 8.75. The second-order valence-corrected chi connectivity index (χ2v) is 7.15. The molecule has 0 spiro atoms. The summed E-state index contributed by atoms with van der Waals surface area (Å²) in [5.74, 6) is 1.65. The SMILES string of the molecule is Cc1ccn(-c2ccc(Oc3ccc(NC(=O)c4cc(-c5ccccc5)on4)cc3)nn2)n1. The van der Waals surface area contributed by atoms with Crippen molar-refractivity contribution >= 4 is 11.6 Å². The van der Waals surface area contributed by atoms with Crippen molar-refractivity contribution in [1.29, 1.82) is 0 Å². The van der Waals surface area contributed by atoms with Gasteiger partial charge in [0.05, 0.1) is 5.69 Å².